The van der Waals surface area contributed by atoms with Gasteiger partial charge in [0, 0.05) is 23.0 Å². The maximum Gasteiger partial charge on any atom is 0.254 e. The molecule has 0 spiro atoms. The fourth-order valence-corrected chi connectivity index (χ4v) is 3.99. The van der Waals surface area contributed by atoms with Crippen LogP contribution in [0.25, 0.3) is 0 Å². The molecule has 0 saturated carbocycles. The highest BCUT2D eigenvalue weighted by Crippen LogP contribution is 2.17. The molecule has 0 saturated heterocycles. The van der Waals surface area contributed by atoms with Gasteiger partial charge in [0.2, 0.25) is 5.91 Å². The third kappa shape index (κ3) is 5.80. The Balaban J connectivity index is 1.80. The summed E-state index contributed by atoms with van der Waals surface area (Å²) in [6, 6.07) is 23.2. The Labute approximate surface area is 182 Å². The van der Waals surface area contributed by atoms with E-state index >= 15 is 0 Å². The van der Waals surface area contributed by atoms with E-state index in [2.05, 4.69) is 0 Å². The minimum atomic E-state index is -0.103. The summed E-state index contributed by atoms with van der Waals surface area (Å²) < 4.78 is 0. The first-order valence-electron chi connectivity index (χ1n) is 10.3. The first kappa shape index (κ1) is 21.8. The fraction of sp³-hybridized carbons (Fsp3) is 0.280. The minimum Gasteiger partial charge on any atom is -0.332 e. The number of carbonyl (C=O) groups excluding carboxylic acids is 2. The van der Waals surface area contributed by atoms with Crippen molar-refractivity contribution in [2.45, 2.75) is 39.4 Å². The molecule has 3 aromatic rings. The van der Waals surface area contributed by atoms with Gasteiger partial charge in [0.25, 0.3) is 5.91 Å². The van der Waals surface area contributed by atoms with Crippen molar-refractivity contribution in [3.63, 3.8) is 0 Å². The number of carbonyl (C=O) groups is 2. The van der Waals surface area contributed by atoms with Gasteiger partial charge in [-0.1, -0.05) is 61.5 Å². The highest BCUT2D eigenvalue weighted by atomic mass is 32.1. The third-order valence-corrected chi connectivity index (χ3v) is 6.07. The molecule has 5 heteroatoms. The Bertz CT molecular complexity index is 926. The average Bonchev–Trinajstić information content (AvgIpc) is 3.30. The van der Waals surface area contributed by atoms with E-state index in [9.17, 15) is 9.59 Å². The van der Waals surface area contributed by atoms with Crippen LogP contribution in [0.2, 0.25) is 0 Å². The van der Waals surface area contributed by atoms with Crippen LogP contribution in [0.5, 0.6) is 0 Å². The zero-order valence-corrected chi connectivity index (χ0v) is 18.3. The highest BCUT2D eigenvalue weighted by molar-refractivity contribution is 7.09. The van der Waals surface area contributed by atoms with E-state index in [-0.39, 0.29) is 24.4 Å². The van der Waals surface area contributed by atoms with Gasteiger partial charge in [-0.2, -0.15) is 0 Å². The second-order valence-electron chi connectivity index (χ2n) is 7.37. The summed E-state index contributed by atoms with van der Waals surface area (Å²) in [6.07, 6.45) is 0.787. The molecule has 156 valence electrons. The van der Waals surface area contributed by atoms with Gasteiger partial charge in [0.15, 0.2) is 0 Å². The number of nitrogens with zero attached hydrogens (tertiary/aromatic N) is 2. The van der Waals surface area contributed by atoms with Crippen LogP contribution in [-0.4, -0.2) is 34.2 Å². The van der Waals surface area contributed by atoms with E-state index in [4.69, 9.17) is 0 Å². The van der Waals surface area contributed by atoms with Crippen LogP contribution < -0.4 is 0 Å². The number of thiophene rings is 1. The summed E-state index contributed by atoms with van der Waals surface area (Å²) in [5.74, 6) is -0.147. The number of rotatable bonds is 9. The molecule has 0 fully saturated rings. The lowest BCUT2D eigenvalue weighted by Gasteiger charge is -2.31. The Morgan fingerprint density at radius 1 is 0.900 bits per heavy atom. The molecule has 1 atom stereocenters. The van der Waals surface area contributed by atoms with Crippen molar-refractivity contribution in [3.05, 3.63) is 94.2 Å². The van der Waals surface area contributed by atoms with E-state index in [0.717, 1.165) is 16.9 Å². The molecule has 0 N–H and O–H groups in total. The average molecular weight is 421 g/mol. The first-order valence-corrected chi connectivity index (χ1v) is 11.2. The lowest BCUT2D eigenvalue weighted by molar-refractivity contribution is -0.133. The van der Waals surface area contributed by atoms with Crippen molar-refractivity contribution in [1.29, 1.82) is 0 Å². The van der Waals surface area contributed by atoms with E-state index in [1.54, 1.807) is 28.4 Å². The largest absolute Gasteiger partial charge is 0.332 e. The van der Waals surface area contributed by atoms with Gasteiger partial charge in [-0.15, -0.1) is 11.3 Å². The van der Waals surface area contributed by atoms with Crippen molar-refractivity contribution in [2.24, 2.45) is 0 Å². The normalized spacial score (nSPS) is 11.7. The molecule has 0 aliphatic carbocycles. The van der Waals surface area contributed by atoms with Gasteiger partial charge in [-0.25, -0.2) is 0 Å². The zero-order valence-electron chi connectivity index (χ0n) is 17.5. The molecule has 4 nitrogen and oxygen atoms in total. The monoisotopic (exact) mass is 420 g/mol. The molecule has 0 radical (unpaired) electrons. The third-order valence-electron chi connectivity index (χ3n) is 5.21. The number of amides is 2. The molecule has 3 rings (SSSR count). The van der Waals surface area contributed by atoms with Crippen LogP contribution in [-0.2, 0) is 17.9 Å². The second-order valence-corrected chi connectivity index (χ2v) is 8.40. The smallest absolute Gasteiger partial charge is 0.254 e. The van der Waals surface area contributed by atoms with Crippen LogP contribution >= 0.6 is 11.3 Å². The molecule has 2 amide bonds. The van der Waals surface area contributed by atoms with Gasteiger partial charge in [0.05, 0.1) is 6.54 Å². The van der Waals surface area contributed by atoms with Gasteiger partial charge in [0.1, 0.15) is 6.54 Å². The molecule has 2 aromatic carbocycles. The van der Waals surface area contributed by atoms with E-state index in [0.29, 0.717) is 18.7 Å². The van der Waals surface area contributed by atoms with Crippen molar-refractivity contribution >= 4 is 23.2 Å². The summed E-state index contributed by atoms with van der Waals surface area (Å²) in [5.41, 5.74) is 1.69. The number of hydrogen-bond donors (Lipinski definition) is 0. The van der Waals surface area contributed by atoms with Gasteiger partial charge in [-0.3, -0.25) is 9.59 Å². The van der Waals surface area contributed by atoms with Gasteiger partial charge < -0.3 is 9.80 Å². The van der Waals surface area contributed by atoms with Crippen LogP contribution in [0.3, 0.4) is 0 Å². The fourth-order valence-electron chi connectivity index (χ4n) is 3.27. The van der Waals surface area contributed by atoms with Crippen molar-refractivity contribution in [3.8, 4) is 0 Å². The van der Waals surface area contributed by atoms with Crippen molar-refractivity contribution in [2.75, 3.05) is 6.54 Å². The lowest BCUT2D eigenvalue weighted by Crippen LogP contribution is -2.46. The lowest BCUT2D eigenvalue weighted by atomic mass is 10.1. The Morgan fingerprint density at radius 2 is 1.57 bits per heavy atom. The second kappa shape index (κ2) is 10.7. The Kier molecular flexibility index (Phi) is 7.80. The van der Waals surface area contributed by atoms with Crippen LogP contribution in [0.1, 0.15) is 41.1 Å². The molecule has 0 bridgehead atoms. The topological polar surface area (TPSA) is 40.6 Å². The first-order chi connectivity index (χ1) is 14.6. The van der Waals surface area contributed by atoms with Gasteiger partial charge >= 0.3 is 0 Å². The van der Waals surface area contributed by atoms with E-state index < -0.39 is 0 Å². The highest BCUT2D eigenvalue weighted by Gasteiger charge is 2.26. The quantitative estimate of drug-likeness (QED) is 0.476. The van der Waals surface area contributed by atoms with Gasteiger partial charge in [-0.05, 0) is 42.5 Å². The summed E-state index contributed by atoms with van der Waals surface area (Å²) in [4.78, 5) is 31.2. The Morgan fingerprint density at radius 3 is 2.17 bits per heavy atom. The summed E-state index contributed by atoms with van der Waals surface area (Å²) in [7, 11) is 0. The molecule has 0 aliphatic heterocycles. The summed E-state index contributed by atoms with van der Waals surface area (Å²) >= 11 is 1.64. The maximum atomic E-state index is 13.4. The van der Waals surface area contributed by atoms with Crippen molar-refractivity contribution in [1.82, 2.24) is 9.80 Å². The van der Waals surface area contributed by atoms with E-state index in [1.165, 1.54) is 0 Å². The standard InChI is InChI=1S/C25H28N2O2S/c1-3-20(2)27(25(29)22-13-8-5-9-14-22)19-24(28)26(18-23-15-10-16-30-23)17-21-11-6-4-7-12-21/h4-16,20H,3,17-19H2,1-2H3. The summed E-state index contributed by atoms with van der Waals surface area (Å²) in [6.45, 7) is 5.16. The SMILES string of the molecule is CCC(C)N(CC(=O)N(Cc1ccccc1)Cc1cccs1)C(=O)c1ccccc1. The Hall–Kier alpha value is -2.92. The summed E-state index contributed by atoms with van der Waals surface area (Å²) in [5, 5.41) is 2.02. The van der Waals surface area contributed by atoms with Crippen LogP contribution in [0.4, 0.5) is 0 Å². The maximum absolute atomic E-state index is 13.4. The minimum absolute atomic E-state index is 0.0260. The molecule has 0 aliphatic rings. The molecule has 30 heavy (non-hydrogen) atoms. The van der Waals surface area contributed by atoms with E-state index in [1.807, 2.05) is 84.8 Å². The molecular formula is C25H28N2O2S. The molecule has 1 aromatic heterocycles. The molecular weight excluding hydrogens is 392 g/mol. The predicted molar refractivity (Wildman–Crippen MR) is 122 cm³/mol. The number of benzene rings is 2. The number of hydrogen-bond acceptors (Lipinski definition) is 3. The van der Waals surface area contributed by atoms with Crippen LogP contribution in [0, 0.1) is 0 Å². The molecule has 1 heterocycles. The zero-order chi connectivity index (χ0) is 21.3. The van der Waals surface area contributed by atoms with Crippen molar-refractivity contribution < 1.29 is 9.59 Å². The van der Waals surface area contributed by atoms with Crippen LogP contribution in [0.15, 0.2) is 78.2 Å². The predicted octanol–water partition coefficient (Wildman–Crippen LogP) is 5.22. The molecule has 1 unspecified atom stereocenters.